The van der Waals surface area contributed by atoms with E-state index in [0.717, 1.165) is 15.6 Å². The number of hydrogen-bond donors (Lipinski definition) is 2. The highest BCUT2D eigenvalue weighted by Crippen LogP contribution is 2.29. The summed E-state index contributed by atoms with van der Waals surface area (Å²) < 4.78 is 0.805. The standard InChI is InChI=1S/C15H13BrClNO2/c1-8-5-9(2)14(12(16)6-8)18-15(20)11-7-10(19)3-4-13(11)17/h3-7,19H,1-2H3,(H,18,20). The summed E-state index contributed by atoms with van der Waals surface area (Å²) in [4.78, 5) is 12.2. The molecule has 0 aliphatic carbocycles. The van der Waals surface area contributed by atoms with Gasteiger partial charge in [-0.05, 0) is 65.2 Å². The second-order valence-corrected chi connectivity index (χ2v) is 5.82. The zero-order valence-corrected chi connectivity index (χ0v) is 13.3. The van der Waals surface area contributed by atoms with Gasteiger partial charge < -0.3 is 10.4 Å². The molecular weight excluding hydrogens is 342 g/mol. The Morgan fingerprint density at radius 2 is 1.95 bits per heavy atom. The summed E-state index contributed by atoms with van der Waals surface area (Å²) >= 11 is 9.41. The lowest BCUT2D eigenvalue weighted by atomic mass is 10.1. The molecule has 0 unspecified atom stereocenters. The number of carbonyl (C=O) groups is 1. The van der Waals surface area contributed by atoms with E-state index in [9.17, 15) is 9.90 Å². The summed E-state index contributed by atoms with van der Waals surface area (Å²) in [6, 6.07) is 8.17. The van der Waals surface area contributed by atoms with Crippen LogP contribution in [0.5, 0.6) is 5.75 Å². The van der Waals surface area contributed by atoms with Crippen LogP contribution in [0.1, 0.15) is 21.5 Å². The van der Waals surface area contributed by atoms with Crippen molar-refractivity contribution in [2.75, 3.05) is 5.32 Å². The molecule has 0 atom stereocenters. The maximum absolute atomic E-state index is 12.2. The first kappa shape index (κ1) is 14.9. The zero-order valence-electron chi connectivity index (χ0n) is 11.0. The van der Waals surface area contributed by atoms with E-state index in [2.05, 4.69) is 21.2 Å². The molecule has 20 heavy (non-hydrogen) atoms. The number of carbonyl (C=O) groups excluding carboxylic acids is 1. The number of amides is 1. The van der Waals surface area contributed by atoms with Gasteiger partial charge in [0.2, 0.25) is 0 Å². The minimum Gasteiger partial charge on any atom is -0.508 e. The summed E-state index contributed by atoms with van der Waals surface area (Å²) in [6.07, 6.45) is 0. The normalized spacial score (nSPS) is 10.4. The predicted molar refractivity (Wildman–Crippen MR) is 84.7 cm³/mol. The Hall–Kier alpha value is -1.52. The topological polar surface area (TPSA) is 49.3 Å². The van der Waals surface area contributed by atoms with Crippen LogP contribution in [0.2, 0.25) is 5.02 Å². The summed E-state index contributed by atoms with van der Waals surface area (Å²) in [7, 11) is 0. The minimum atomic E-state index is -0.362. The monoisotopic (exact) mass is 353 g/mol. The van der Waals surface area contributed by atoms with Crippen molar-refractivity contribution in [1.29, 1.82) is 0 Å². The van der Waals surface area contributed by atoms with E-state index < -0.39 is 0 Å². The Kier molecular flexibility index (Phi) is 4.35. The second-order valence-electron chi connectivity index (χ2n) is 4.56. The molecule has 0 aromatic heterocycles. The molecule has 104 valence electrons. The van der Waals surface area contributed by atoms with E-state index in [-0.39, 0.29) is 17.2 Å². The van der Waals surface area contributed by atoms with Gasteiger partial charge in [0.15, 0.2) is 0 Å². The van der Waals surface area contributed by atoms with Crippen molar-refractivity contribution in [2.45, 2.75) is 13.8 Å². The van der Waals surface area contributed by atoms with E-state index in [1.54, 1.807) is 0 Å². The van der Waals surface area contributed by atoms with Crippen LogP contribution in [0.4, 0.5) is 5.69 Å². The third-order valence-electron chi connectivity index (χ3n) is 2.86. The van der Waals surface area contributed by atoms with Crippen LogP contribution in [0.15, 0.2) is 34.8 Å². The van der Waals surface area contributed by atoms with Crippen LogP contribution in [0.3, 0.4) is 0 Å². The van der Waals surface area contributed by atoms with E-state index >= 15 is 0 Å². The van der Waals surface area contributed by atoms with E-state index in [1.165, 1.54) is 18.2 Å². The van der Waals surface area contributed by atoms with Crippen LogP contribution in [0, 0.1) is 13.8 Å². The number of rotatable bonds is 2. The number of hydrogen-bond acceptors (Lipinski definition) is 2. The molecule has 0 bridgehead atoms. The summed E-state index contributed by atoms with van der Waals surface area (Å²) in [5, 5.41) is 12.6. The van der Waals surface area contributed by atoms with Gasteiger partial charge in [-0.1, -0.05) is 17.7 Å². The first-order valence-electron chi connectivity index (χ1n) is 5.95. The molecule has 2 aromatic carbocycles. The van der Waals surface area contributed by atoms with Gasteiger partial charge in [-0.3, -0.25) is 4.79 Å². The van der Waals surface area contributed by atoms with Gasteiger partial charge in [-0.2, -0.15) is 0 Å². The van der Waals surface area contributed by atoms with Gasteiger partial charge >= 0.3 is 0 Å². The van der Waals surface area contributed by atoms with Crippen LogP contribution >= 0.6 is 27.5 Å². The van der Waals surface area contributed by atoms with Gasteiger partial charge in [0.05, 0.1) is 16.3 Å². The second kappa shape index (κ2) is 5.85. The van der Waals surface area contributed by atoms with Crippen molar-refractivity contribution >= 4 is 39.1 Å². The quantitative estimate of drug-likeness (QED) is 0.823. The van der Waals surface area contributed by atoms with Gasteiger partial charge in [-0.25, -0.2) is 0 Å². The lowest BCUT2D eigenvalue weighted by Crippen LogP contribution is -2.14. The predicted octanol–water partition coefficient (Wildman–Crippen LogP) is 4.68. The molecule has 2 rings (SSSR count). The Labute approximate surface area is 130 Å². The van der Waals surface area contributed by atoms with Crippen molar-refractivity contribution in [1.82, 2.24) is 0 Å². The zero-order chi connectivity index (χ0) is 14.9. The fourth-order valence-corrected chi connectivity index (χ4v) is 2.92. The Balaban J connectivity index is 2.35. The molecule has 0 saturated heterocycles. The molecule has 0 spiro atoms. The molecule has 0 heterocycles. The maximum Gasteiger partial charge on any atom is 0.257 e. The van der Waals surface area contributed by atoms with Gasteiger partial charge in [0.1, 0.15) is 5.75 Å². The number of phenols is 1. The average molecular weight is 355 g/mol. The highest BCUT2D eigenvalue weighted by atomic mass is 79.9. The Morgan fingerprint density at radius 3 is 2.60 bits per heavy atom. The minimum absolute atomic E-state index is 0.000700. The molecule has 0 saturated carbocycles. The molecule has 3 nitrogen and oxygen atoms in total. The van der Waals surface area contributed by atoms with Crippen molar-refractivity contribution in [3.8, 4) is 5.75 Å². The van der Waals surface area contributed by atoms with E-state index in [1.807, 2.05) is 26.0 Å². The van der Waals surface area contributed by atoms with Crippen LogP contribution in [-0.4, -0.2) is 11.0 Å². The number of halogens is 2. The van der Waals surface area contributed by atoms with Gasteiger partial charge in [0, 0.05) is 4.47 Å². The van der Waals surface area contributed by atoms with E-state index in [0.29, 0.717) is 10.7 Å². The molecule has 0 fully saturated rings. The SMILES string of the molecule is Cc1cc(C)c(NC(=O)c2cc(O)ccc2Cl)c(Br)c1. The molecule has 2 N–H and O–H groups in total. The highest BCUT2D eigenvalue weighted by molar-refractivity contribution is 9.10. The van der Waals surface area contributed by atoms with Crippen LogP contribution in [0.25, 0.3) is 0 Å². The number of aryl methyl sites for hydroxylation is 2. The van der Waals surface area contributed by atoms with Gasteiger partial charge in [-0.15, -0.1) is 0 Å². The first-order valence-corrected chi connectivity index (χ1v) is 7.12. The van der Waals surface area contributed by atoms with Crippen molar-refractivity contribution in [3.05, 3.63) is 56.5 Å². The van der Waals surface area contributed by atoms with Gasteiger partial charge in [0.25, 0.3) is 5.91 Å². The molecule has 1 amide bonds. The molecular formula is C15H13BrClNO2. The summed E-state index contributed by atoms with van der Waals surface area (Å²) in [6.45, 7) is 3.90. The van der Waals surface area contributed by atoms with Crippen LogP contribution < -0.4 is 5.32 Å². The fourth-order valence-electron chi connectivity index (χ4n) is 1.94. The Morgan fingerprint density at radius 1 is 1.25 bits per heavy atom. The van der Waals surface area contributed by atoms with Crippen molar-refractivity contribution in [2.24, 2.45) is 0 Å². The number of aromatic hydroxyl groups is 1. The Bertz CT molecular complexity index is 663. The number of phenolic OH excluding ortho intramolecular Hbond substituents is 1. The fraction of sp³-hybridized carbons (Fsp3) is 0.133. The average Bonchev–Trinajstić information content (AvgIpc) is 2.36. The molecule has 0 radical (unpaired) electrons. The molecule has 2 aromatic rings. The molecule has 5 heteroatoms. The number of anilines is 1. The highest BCUT2D eigenvalue weighted by Gasteiger charge is 2.14. The van der Waals surface area contributed by atoms with Crippen molar-refractivity contribution < 1.29 is 9.90 Å². The number of nitrogens with one attached hydrogen (secondary N) is 1. The van der Waals surface area contributed by atoms with Crippen molar-refractivity contribution in [3.63, 3.8) is 0 Å². The molecule has 0 aliphatic rings. The lowest BCUT2D eigenvalue weighted by Gasteiger charge is -2.12. The molecule has 0 aliphatic heterocycles. The van der Waals surface area contributed by atoms with E-state index in [4.69, 9.17) is 11.6 Å². The number of benzene rings is 2. The third kappa shape index (κ3) is 3.14. The summed E-state index contributed by atoms with van der Waals surface area (Å²) in [5.74, 6) is -0.363. The summed E-state index contributed by atoms with van der Waals surface area (Å²) in [5.41, 5.74) is 2.97. The first-order chi connectivity index (χ1) is 9.38. The third-order valence-corrected chi connectivity index (χ3v) is 3.82. The smallest absolute Gasteiger partial charge is 0.257 e. The largest absolute Gasteiger partial charge is 0.508 e. The van der Waals surface area contributed by atoms with Crippen LogP contribution in [-0.2, 0) is 0 Å². The lowest BCUT2D eigenvalue weighted by molar-refractivity contribution is 0.102. The maximum atomic E-state index is 12.2.